The molecule has 5 nitrogen and oxygen atoms in total. The summed E-state index contributed by atoms with van der Waals surface area (Å²) in [6.45, 7) is 3.27. The summed E-state index contributed by atoms with van der Waals surface area (Å²) in [7, 11) is 0. The molecule has 0 amide bonds. The van der Waals surface area contributed by atoms with E-state index in [1.165, 1.54) is 0 Å². The zero-order chi connectivity index (χ0) is 12.9. The third kappa shape index (κ3) is 1.40. The Hall–Kier alpha value is -2.30. The molecule has 1 aliphatic rings. The highest BCUT2D eigenvalue weighted by molar-refractivity contribution is 6.18. The Morgan fingerprint density at radius 1 is 1.33 bits per heavy atom. The van der Waals surface area contributed by atoms with Gasteiger partial charge in [0.2, 0.25) is 0 Å². The number of cyclic esters (lactones) is 1. The first-order chi connectivity index (χ1) is 8.49. The van der Waals surface area contributed by atoms with Crippen molar-refractivity contribution in [3.05, 3.63) is 35.8 Å². The Morgan fingerprint density at radius 2 is 2.06 bits per heavy atom. The molecule has 2 heterocycles. The van der Waals surface area contributed by atoms with Crippen LogP contribution >= 0.6 is 0 Å². The number of imidazole rings is 1. The molecule has 2 N–H and O–H groups in total. The SMILES string of the molecule is CC1(C)OC(=O)C(c2nc3ccccc3[nH]2)=C1O. The minimum Gasteiger partial charge on any atom is -0.507 e. The van der Waals surface area contributed by atoms with Crippen LogP contribution in [-0.4, -0.2) is 26.6 Å². The molecule has 0 bridgehead atoms. The first kappa shape index (κ1) is 10.8. The number of carbonyl (C=O) groups excluding carboxylic acids is 1. The predicted molar refractivity (Wildman–Crippen MR) is 65.8 cm³/mol. The van der Waals surface area contributed by atoms with Crippen LogP contribution in [0.25, 0.3) is 16.6 Å². The van der Waals surface area contributed by atoms with Crippen molar-refractivity contribution in [2.75, 3.05) is 0 Å². The molecule has 2 aromatic rings. The minimum atomic E-state index is -0.995. The molecule has 3 rings (SSSR count). The van der Waals surface area contributed by atoms with Gasteiger partial charge in [-0.25, -0.2) is 9.78 Å². The van der Waals surface area contributed by atoms with Gasteiger partial charge in [-0.2, -0.15) is 0 Å². The third-order valence-corrected chi connectivity index (χ3v) is 2.99. The molecule has 92 valence electrons. The summed E-state index contributed by atoms with van der Waals surface area (Å²) in [4.78, 5) is 19.1. The molecule has 1 aliphatic heterocycles. The van der Waals surface area contributed by atoms with Crippen LogP contribution in [0.5, 0.6) is 0 Å². The number of nitrogens with one attached hydrogen (secondary N) is 1. The van der Waals surface area contributed by atoms with Gasteiger partial charge in [-0.3, -0.25) is 0 Å². The van der Waals surface area contributed by atoms with Gasteiger partial charge in [-0.15, -0.1) is 0 Å². The molecule has 5 heteroatoms. The quantitative estimate of drug-likeness (QED) is 0.754. The first-order valence-corrected chi connectivity index (χ1v) is 5.61. The maximum atomic E-state index is 11.8. The number of benzene rings is 1. The summed E-state index contributed by atoms with van der Waals surface area (Å²) < 4.78 is 5.10. The van der Waals surface area contributed by atoms with Crippen LogP contribution in [0.1, 0.15) is 19.7 Å². The summed E-state index contributed by atoms with van der Waals surface area (Å²) in [5.41, 5.74) is 0.664. The van der Waals surface area contributed by atoms with Crippen LogP contribution in [0.15, 0.2) is 30.0 Å². The van der Waals surface area contributed by atoms with Crippen LogP contribution < -0.4 is 0 Å². The zero-order valence-electron chi connectivity index (χ0n) is 10.0. The topological polar surface area (TPSA) is 75.2 Å². The highest BCUT2D eigenvalue weighted by Gasteiger charge is 2.42. The molecule has 1 aromatic heterocycles. The van der Waals surface area contributed by atoms with Crippen LogP contribution in [-0.2, 0) is 9.53 Å². The molecule has 0 atom stereocenters. The largest absolute Gasteiger partial charge is 0.507 e. The molecule has 0 unspecified atom stereocenters. The Kier molecular flexibility index (Phi) is 2.02. The number of aliphatic hydroxyl groups is 1. The number of H-pyrrole nitrogens is 1. The lowest BCUT2D eigenvalue weighted by Gasteiger charge is -2.15. The normalized spacial score (nSPS) is 18.4. The molecular formula is C13H12N2O3. The van der Waals surface area contributed by atoms with E-state index in [9.17, 15) is 9.90 Å². The predicted octanol–water partition coefficient (Wildman–Crippen LogP) is 2.17. The van der Waals surface area contributed by atoms with Crippen molar-refractivity contribution in [2.45, 2.75) is 19.4 Å². The number of nitrogens with zero attached hydrogens (tertiary/aromatic N) is 1. The number of carbonyl (C=O) groups is 1. The highest BCUT2D eigenvalue weighted by atomic mass is 16.6. The van der Waals surface area contributed by atoms with Gasteiger partial charge in [0, 0.05) is 0 Å². The van der Waals surface area contributed by atoms with Crippen molar-refractivity contribution >= 4 is 22.6 Å². The number of fused-ring (bicyclic) bond motifs is 1. The van der Waals surface area contributed by atoms with Crippen molar-refractivity contribution in [3.8, 4) is 0 Å². The summed E-state index contributed by atoms with van der Waals surface area (Å²) in [6, 6.07) is 7.42. The first-order valence-electron chi connectivity index (χ1n) is 5.61. The van der Waals surface area contributed by atoms with Gasteiger partial charge in [-0.05, 0) is 26.0 Å². The second-order valence-electron chi connectivity index (χ2n) is 4.73. The number of rotatable bonds is 1. The number of ether oxygens (including phenoxy) is 1. The summed E-state index contributed by atoms with van der Waals surface area (Å²) in [6.07, 6.45) is 0. The molecule has 0 aliphatic carbocycles. The van der Waals surface area contributed by atoms with E-state index in [1.54, 1.807) is 13.8 Å². The van der Waals surface area contributed by atoms with Crippen molar-refractivity contribution in [3.63, 3.8) is 0 Å². The fourth-order valence-corrected chi connectivity index (χ4v) is 2.01. The smallest absolute Gasteiger partial charge is 0.346 e. The van der Waals surface area contributed by atoms with Gasteiger partial charge in [0.05, 0.1) is 11.0 Å². The highest BCUT2D eigenvalue weighted by Crippen LogP contribution is 2.35. The van der Waals surface area contributed by atoms with E-state index in [4.69, 9.17) is 4.74 Å². The van der Waals surface area contributed by atoms with Gasteiger partial charge in [0.25, 0.3) is 0 Å². The van der Waals surface area contributed by atoms with Gasteiger partial charge < -0.3 is 14.8 Å². The van der Waals surface area contributed by atoms with Crippen LogP contribution in [0.4, 0.5) is 0 Å². The maximum absolute atomic E-state index is 11.8. The number of para-hydroxylation sites is 2. The van der Waals surface area contributed by atoms with Crippen molar-refractivity contribution in [2.24, 2.45) is 0 Å². The average molecular weight is 244 g/mol. The number of hydrogen-bond acceptors (Lipinski definition) is 4. The number of esters is 1. The van der Waals surface area contributed by atoms with Crippen molar-refractivity contribution in [1.82, 2.24) is 9.97 Å². The minimum absolute atomic E-state index is 0.0912. The van der Waals surface area contributed by atoms with Crippen molar-refractivity contribution < 1.29 is 14.6 Å². The van der Waals surface area contributed by atoms with E-state index in [2.05, 4.69) is 9.97 Å². The van der Waals surface area contributed by atoms with Gasteiger partial charge in [0.15, 0.2) is 11.4 Å². The number of hydrogen-bond donors (Lipinski definition) is 2. The van der Waals surface area contributed by atoms with E-state index in [0.717, 1.165) is 11.0 Å². The Morgan fingerprint density at radius 3 is 2.67 bits per heavy atom. The van der Waals surface area contributed by atoms with E-state index in [0.29, 0.717) is 5.82 Å². The van der Waals surface area contributed by atoms with Gasteiger partial charge in [-0.1, -0.05) is 12.1 Å². The fraction of sp³-hybridized carbons (Fsp3) is 0.231. The number of aromatic nitrogens is 2. The molecule has 0 radical (unpaired) electrons. The molecule has 0 saturated heterocycles. The summed E-state index contributed by atoms with van der Waals surface area (Å²) in [5.74, 6) is -0.313. The lowest BCUT2D eigenvalue weighted by Crippen LogP contribution is -2.22. The Balaban J connectivity index is 2.20. The van der Waals surface area contributed by atoms with E-state index >= 15 is 0 Å². The summed E-state index contributed by atoms with van der Waals surface area (Å²) in [5, 5.41) is 10.0. The molecule has 0 spiro atoms. The van der Waals surface area contributed by atoms with E-state index < -0.39 is 11.6 Å². The standard InChI is InChI=1S/C13H12N2O3/c1-13(2)10(16)9(12(17)18-13)11-14-7-5-3-4-6-8(7)15-11/h3-6,16H,1-2H3,(H,14,15). The van der Waals surface area contributed by atoms with Crippen molar-refractivity contribution in [1.29, 1.82) is 0 Å². The van der Waals surface area contributed by atoms with E-state index in [-0.39, 0.29) is 11.3 Å². The summed E-state index contributed by atoms with van der Waals surface area (Å²) >= 11 is 0. The second kappa shape index (κ2) is 3.35. The lowest BCUT2D eigenvalue weighted by atomic mass is 10.1. The Bertz CT molecular complexity index is 649. The lowest BCUT2D eigenvalue weighted by molar-refractivity contribution is -0.143. The monoisotopic (exact) mass is 244 g/mol. The second-order valence-corrected chi connectivity index (χ2v) is 4.73. The molecule has 0 fully saturated rings. The molecule has 18 heavy (non-hydrogen) atoms. The zero-order valence-corrected chi connectivity index (χ0v) is 10.0. The number of aromatic amines is 1. The Labute approximate surface area is 103 Å². The van der Waals surface area contributed by atoms with E-state index in [1.807, 2.05) is 24.3 Å². The van der Waals surface area contributed by atoms with Crippen LogP contribution in [0.3, 0.4) is 0 Å². The maximum Gasteiger partial charge on any atom is 0.346 e. The third-order valence-electron chi connectivity index (χ3n) is 2.99. The average Bonchev–Trinajstić information content (AvgIpc) is 2.78. The molecular weight excluding hydrogens is 232 g/mol. The number of aliphatic hydroxyl groups excluding tert-OH is 1. The van der Waals surface area contributed by atoms with Gasteiger partial charge >= 0.3 is 5.97 Å². The van der Waals surface area contributed by atoms with Crippen LogP contribution in [0, 0.1) is 0 Å². The van der Waals surface area contributed by atoms with Gasteiger partial charge in [0.1, 0.15) is 11.4 Å². The molecule has 1 aromatic carbocycles. The fourth-order valence-electron chi connectivity index (χ4n) is 2.01. The molecule has 0 saturated carbocycles. The van der Waals surface area contributed by atoms with Crippen LogP contribution in [0.2, 0.25) is 0 Å².